The Labute approximate surface area is 107 Å². The summed E-state index contributed by atoms with van der Waals surface area (Å²) in [6, 6.07) is 1.98. The molecule has 0 unspecified atom stereocenters. The van der Waals surface area contributed by atoms with Gasteiger partial charge in [-0.25, -0.2) is 4.68 Å². The largest absolute Gasteiger partial charge is 0.378 e. The van der Waals surface area contributed by atoms with Crippen LogP contribution in [0.15, 0.2) is 37.4 Å². The van der Waals surface area contributed by atoms with E-state index in [1.165, 1.54) is 0 Å². The van der Waals surface area contributed by atoms with Gasteiger partial charge in [-0.2, -0.15) is 5.10 Å². The third kappa shape index (κ3) is 2.68. The molecule has 0 spiro atoms. The van der Waals surface area contributed by atoms with Crippen LogP contribution in [-0.2, 0) is 6.54 Å². The van der Waals surface area contributed by atoms with Gasteiger partial charge in [0.05, 0.1) is 23.8 Å². The molecule has 5 nitrogen and oxygen atoms in total. The molecule has 2 aromatic rings. The van der Waals surface area contributed by atoms with Gasteiger partial charge in [0.15, 0.2) is 0 Å². The lowest BCUT2D eigenvalue weighted by Gasteiger charge is -2.17. The Balaban J connectivity index is 2.08. The summed E-state index contributed by atoms with van der Waals surface area (Å²) in [7, 11) is 4.02. The van der Waals surface area contributed by atoms with Crippen molar-refractivity contribution in [3.8, 4) is 0 Å². The fraction of sp³-hybridized carbons (Fsp3) is 0.231. The van der Waals surface area contributed by atoms with Gasteiger partial charge >= 0.3 is 0 Å². The van der Waals surface area contributed by atoms with E-state index in [9.17, 15) is 0 Å². The third-order valence-electron chi connectivity index (χ3n) is 2.60. The van der Waals surface area contributed by atoms with Crippen molar-refractivity contribution in [3.05, 3.63) is 43.0 Å². The minimum atomic E-state index is 0.709. The van der Waals surface area contributed by atoms with E-state index < -0.39 is 0 Å². The number of nitrogens with zero attached hydrogens (tertiary/aromatic N) is 4. The molecule has 0 aliphatic rings. The molecule has 94 valence electrons. The Morgan fingerprint density at radius 2 is 2.28 bits per heavy atom. The van der Waals surface area contributed by atoms with Crippen molar-refractivity contribution in [2.75, 3.05) is 24.3 Å². The lowest BCUT2D eigenvalue weighted by Crippen LogP contribution is -2.12. The molecule has 0 aromatic carbocycles. The minimum Gasteiger partial charge on any atom is -0.378 e. The molecule has 1 N–H and O–H groups in total. The number of hydrogen-bond acceptors (Lipinski definition) is 4. The first-order valence-electron chi connectivity index (χ1n) is 5.71. The van der Waals surface area contributed by atoms with Gasteiger partial charge in [0.1, 0.15) is 0 Å². The molecule has 0 radical (unpaired) electrons. The molecular weight excluding hydrogens is 226 g/mol. The Kier molecular flexibility index (Phi) is 3.62. The van der Waals surface area contributed by atoms with Crippen LogP contribution in [0.5, 0.6) is 0 Å². The average molecular weight is 243 g/mol. The average Bonchev–Trinajstić information content (AvgIpc) is 2.84. The zero-order valence-corrected chi connectivity index (χ0v) is 10.7. The number of anilines is 2. The Hall–Kier alpha value is -2.30. The minimum absolute atomic E-state index is 0.709. The number of aromatic nitrogens is 3. The van der Waals surface area contributed by atoms with Gasteiger partial charge in [0, 0.05) is 44.8 Å². The highest BCUT2D eigenvalue weighted by atomic mass is 15.2. The molecule has 0 fully saturated rings. The molecule has 0 aliphatic heterocycles. The van der Waals surface area contributed by atoms with E-state index in [1.807, 2.05) is 38.8 Å². The summed E-state index contributed by atoms with van der Waals surface area (Å²) in [5, 5.41) is 7.49. The first kappa shape index (κ1) is 12.2. The third-order valence-corrected chi connectivity index (χ3v) is 2.60. The summed E-state index contributed by atoms with van der Waals surface area (Å²) < 4.78 is 1.69. The zero-order chi connectivity index (χ0) is 13.0. The van der Waals surface area contributed by atoms with Crippen molar-refractivity contribution in [2.45, 2.75) is 6.54 Å². The maximum Gasteiger partial charge on any atom is 0.0766 e. The second-order valence-electron chi connectivity index (χ2n) is 4.15. The molecule has 18 heavy (non-hydrogen) atoms. The van der Waals surface area contributed by atoms with Crippen molar-refractivity contribution >= 4 is 17.6 Å². The summed E-state index contributed by atoms with van der Waals surface area (Å²) >= 11 is 0. The monoisotopic (exact) mass is 243 g/mol. The fourth-order valence-electron chi connectivity index (χ4n) is 1.68. The molecule has 2 rings (SSSR count). The van der Waals surface area contributed by atoms with E-state index >= 15 is 0 Å². The normalized spacial score (nSPS) is 10.1. The number of hydrogen-bond donors (Lipinski definition) is 1. The Morgan fingerprint density at radius 3 is 2.94 bits per heavy atom. The maximum absolute atomic E-state index is 4.14. The predicted octanol–water partition coefficient (Wildman–Crippen LogP) is 2.06. The molecule has 0 aliphatic carbocycles. The highest BCUT2D eigenvalue weighted by Crippen LogP contribution is 2.22. The van der Waals surface area contributed by atoms with Crippen LogP contribution in [0, 0.1) is 0 Å². The van der Waals surface area contributed by atoms with Crippen molar-refractivity contribution in [1.82, 2.24) is 14.8 Å². The molecule has 0 atom stereocenters. The maximum atomic E-state index is 4.14. The Bertz CT molecular complexity index is 530. The topological polar surface area (TPSA) is 46.0 Å². The lowest BCUT2D eigenvalue weighted by molar-refractivity contribution is 0.936. The summed E-state index contributed by atoms with van der Waals surface area (Å²) in [5.74, 6) is 0. The highest BCUT2D eigenvalue weighted by Gasteiger charge is 2.04. The van der Waals surface area contributed by atoms with Crippen molar-refractivity contribution in [2.24, 2.45) is 0 Å². The number of nitrogens with one attached hydrogen (secondary N) is 1. The van der Waals surface area contributed by atoms with E-state index in [2.05, 4.69) is 26.9 Å². The molecule has 5 heteroatoms. The second kappa shape index (κ2) is 5.35. The summed E-state index contributed by atoms with van der Waals surface area (Å²) in [4.78, 5) is 6.19. The number of rotatable bonds is 5. The SMILES string of the molecule is C=Cn1cc(CNc2cnccc2N(C)C)cn1. The van der Waals surface area contributed by atoms with Crippen LogP contribution in [0.25, 0.3) is 6.20 Å². The van der Waals surface area contributed by atoms with Gasteiger partial charge < -0.3 is 10.2 Å². The summed E-state index contributed by atoms with van der Waals surface area (Å²) in [5.41, 5.74) is 3.22. The van der Waals surface area contributed by atoms with Gasteiger partial charge in [-0.1, -0.05) is 6.58 Å². The van der Waals surface area contributed by atoms with Gasteiger partial charge in [0.2, 0.25) is 0 Å². The van der Waals surface area contributed by atoms with Gasteiger partial charge in [-0.05, 0) is 6.07 Å². The van der Waals surface area contributed by atoms with Gasteiger partial charge in [-0.3, -0.25) is 4.98 Å². The van der Waals surface area contributed by atoms with Gasteiger partial charge in [-0.15, -0.1) is 0 Å². The smallest absolute Gasteiger partial charge is 0.0766 e. The first-order chi connectivity index (χ1) is 8.70. The van der Waals surface area contributed by atoms with Gasteiger partial charge in [0.25, 0.3) is 0 Å². The predicted molar refractivity (Wildman–Crippen MR) is 74.5 cm³/mol. The van der Waals surface area contributed by atoms with Crippen LogP contribution in [0.2, 0.25) is 0 Å². The summed E-state index contributed by atoms with van der Waals surface area (Å²) in [6.07, 6.45) is 9.04. The van der Waals surface area contributed by atoms with Crippen LogP contribution >= 0.6 is 0 Å². The van der Waals surface area contributed by atoms with Crippen molar-refractivity contribution in [3.63, 3.8) is 0 Å². The van der Waals surface area contributed by atoms with Crippen molar-refractivity contribution < 1.29 is 0 Å². The fourth-order valence-corrected chi connectivity index (χ4v) is 1.68. The van der Waals surface area contributed by atoms with E-state index in [0.29, 0.717) is 6.54 Å². The summed E-state index contributed by atoms with van der Waals surface area (Å²) in [6.45, 7) is 4.37. The van der Waals surface area contributed by atoms with E-state index in [1.54, 1.807) is 17.1 Å². The van der Waals surface area contributed by atoms with Crippen LogP contribution in [0.3, 0.4) is 0 Å². The molecule has 0 amide bonds. The molecule has 2 aromatic heterocycles. The van der Waals surface area contributed by atoms with Crippen molar-refractivity contribution in [1.29, 1.82) is 0 Å². The Morgan fingerprint density at radius 1 is 1.44 bits per heavy atom. The molecule has 0 bridgehead atoms. The molecule has 0 saturated carbocycles. The van der Waals surface area contributed by atoms with Crippen LogP contribution in [0.4, 0.5) is 11.4 Å². The van der Waals surface area contributed by atoms with E-state index in [4.69, 9.17) is 0 Å². The van der Waals surface area contributed by atoms with Crippen LogP contribution in [-0.4, -0.2) is 28.9 Å². The molecular formula is C13H17N5. The number of pyridine rings is 1. The quantitative estimate of drug-likeness (QED) is 0.873. The van der Waals surface area contributed by atoms with E-state index in [0.717, 1.165) is 16.9 Å². The first-order valence-corrected chi connectivity index (χ1v) is 5.71. The lowest BCUT2D eigenvalue weighted by atomic mass is 10.3. The zero-order valence-electron chi connectivity index (χ0n) is 10.7. The standard InChI is InChI=1S/C13H17N5/c1-4-18-10-11(8-16-18)7-15-12-9-14-6-5-13(12)17(2)3/h4-6,8-10,15H,1,7H2,2-3H3. The van der Waals surface area contributed by atoms with Crippen LogP contribution < -0.4 is 10.2 Å². The molecule has 0 saturated heterocycles. The highest BCUT2D eigenvalue weighted by molar-refractivity contribution is 5.68. The second-order valence-corrected chi connectivity index (χ2v) is 4.15. The van der Waals surface area contributed by atoms with Crippen LogP contribution in [0.1, 0.15) is 5.56 Å². The molecule has 2 heterocycles. The van der Waals surface area contributed by atoms with E-state index in [-0.39, 0.29) is 0 Å².